The Balaban J connectivity index is 1.47. The molecule has 2 bridgehead atoms. The van der Waals surface area contributed by atoms with Gasteiger partial charge in [-0.2, -0.15) is 0 Å². The Morgan fingerprint density at radius 3 is 2.78 bits per heavy atom. The number of nitrogens with zero attached hydrogens (tertiary/aromatic N) is 2. The van der Waals surface area contributed by atoms with Crippen LogP contribution in [0.4, 0.5) is 5.69 Å². The van der Waals surface area contributed by atoms with E-state index in [4.69, 9.17) is 4.74 Å². The van der Waals surface area contributed by atoms with E-state index in [0.717, 1.165) is 36.1 Å². The SMILES string of the molecule is CN(C)c1ccc(C=CC2=CC3CC4(OC(=O)C=C24)C2CCCCN32)cc1. The van der Waals surface area contributed by atoms with Crippen LogP contribution in [0.15, 0.2) is 53.6 Å². The molecule has 1 aliphatic carbocycles. The van der Waals surface area contributed by atoms with Gasteiger partial charge >= 0.3 is 5.97 Å². The van der Waals surface area contributed by atoms with E-state index >= 15 is 0 Å². The second-order valence-corrected chi connectivity index (χ2v) is 8.33. The van der Waals surface area contributed by atoms with Gasteiger partial charge in [0.1, 0.15) is 0 Å². The standard InChI is InChI=1S/C23H26N2O2/c1-24(2)18-10-7-16(8-11-18)6-9-17-13-19-15-23(20(17)14-22(26)27-23)21-5-3-4-12-25(19)21/h6-11,13-14,19,21H,3-5,12,15H2,1-2H3. The maximum Gasteiger partial charge on any atom is 0.332 e. The summed E-state index contributed by atoms with van der Waals surface area (Å²) in [4.78, 5) is 16.9. The molecule has 27 heavy (non-hydrogen) atoms. The predicted octanol–water partition coefficient (Wildman–Crippen LogP) is 3.55. The summed E-state index contributed by atoms with van der Waals surface area (Å²) >= 11 is 0. The van der Waals surface area contributed by atoms with Gasteiger partial charge in [-0.15, -0.1) is 0 Å². The van der Waals surface area contributed by atoms with Crippen molar-refractivity contribution in [2.24, 2.45) is 0 Å². The van der Waals surface area contributed by atoms with E-state index in [1.54, 1.807) is 6.08 Å². The monoisotopic (exact) mass is 362 g/mol. The van der Waals surface area contributed by atoms with Crippen LogP contribution in [0.25, 0.3) is 6.08 Å². The van der Waals surface area contributed by atoms with Crippen LogP contribution in [0, 0.1) is 0 Å². The fraction of sp³-hybridized carbons (Fsp3) is 0.435. The number of esters is 1. The summed E-state index contributed by atoms with van der Waals surface area (Å²) in [5.41, 5.74) is 4.20. The molecular formula is C23H26N2O2. The van der Waals surface area contributed by atoms with Gasteiger partial charge in [0, 0.05) is 43.9 Å². The molecule has 1 aromatic carbocycles. The maximum atomic E-state index is 12.2. The third-order valence-corrected chi connectivity index (χ3v) is 6.57. The second kappa shape index (κ2) is 6.10. The molecule has 4 heteroatoms. The van der Waals surface area contributed by atoms with Gasteiger partial charge < -0.3 is 9.64 Å². The Bertz CT molecular complexity index is 865. The maximum absolute atomic E-state index is 12.2. The van der Waals surface area contributed by atoms with Gasteiger partial charge in [0.05, 0.1) is 6.04 Å². The smallest absolute Gasteiger partial charge is 0.332 e. The van der Waals surface area contributed by atoms with Crippen LogP contribution < -0.4 is 4.90 Å². The summed E-state index contributed by atoms with van der Waals surface area (Å²) < 4.78 is 5.98. The summed E-state index contributed by atoms with van der Waals surface area (Å²) in [5.74, 6) is -0.173. The lowest BCUT2D eigenvalue weighted by Crippen LogP contribution is -2.48. The molecule has 0 amide bonds. The van der Waals surface area contributed by atoms with Crippen molar-refractivity contribution in [3.05, 3.63) is 59.2 Å². The van der Waals surface area contributed by atoms with Gasteiger partial charge in [-0.1, -0.05) is 36.8 Å². The lowest BCUT2D eigenvalue weighted by molar-refractivity contribution is -0.148. The van der Waals surface area contributed by atoms with E-state index in [1.165, 1.54) is 18.5 Å². The van der Waals surface area contributed by atoms with E-state index in [9.17, 15) is 4.79 Å². The van der Waals surface area contributed by atoms with Gasteiger partial charge in [-0.25, -0.2) is 4.79 Å². The first-order chi connectivity index (χ1) is 13.1. The van der Waals surface area contributed by atoms with Crippen molar-refractivity contribution in [1.29, 1.82) is 0 Å². The number of hydrogen-bond donors (Lipinski definition) is 0. The third kappa shape index (κ3) is 2.58. The van der Waals surface area contributed by atoms with Crippen molar-refractivity contribution in [1.82, 2.24) is 4.90 Å². The Morgan fingerprint density at radius 1 is 1.19 bits per heavy atom. The van der Waals surface area contributed by atoms with Gasteiger partial charge in [-0.05, 0) is 42.7 Å². The van der Waals surface area contributed by atoms with Crippen molar-refractivity contribution in [2.75, 3.05) is 25.5 Å². The minimum Gasteiger partial charge on any atom is -0.449 e. The first kappa shape index (κ1) is 16.8. The molecule has 3 atom stereocenters. The molecule has 3 unspecified atom stereocenters. The van der Waals surface area contributed by atoms with Crippen molar-refractivity contribution in [3.8, 4) is 0 Å². The molecule has 0 N–H and O–H groups in total. The van der Waals surface area contributed by atoms with Gasteiger partial charge in [-0.3, -0.25) is 4.90 Å². The number of fused-ring (bicyclic) bond motifs is 3. The summed E-state index contributed by atoms with van der Waals surface area (Å²) in [6.07, 6.45) is 12.9. The highest BCUT2D eigenvalue weighted by atomic mass is 16.6. The van der Waals surface area contributed by atoms with E-state index in [-0.39, 0.29) is 5.97 Å². The fourth-order valence-electron chi connectivity index (χ4n) is 5.31. The number of hydrogen-bond acceptors (Lipinski definition) is 4. The molecular weight excluding hydrogens is 336 g/mol. The van der Waals surface area contributed by atoms with E-state index < -0.39 is 5.60 Å². The van der Waals surface area contributed by atoms with Crippen LogP contribution in [0.3, 0.4) is 0 Å². The van der Waals surface area contributed by atoms with Crippen molar-refractivity contribution in [2.45, 2.75) is 43.4 Å². The highest BCUT2D eigenvalue weighted by Crippen LogP contribution is 2.53. The topological polar surface area (TPSA) is 32.8 Å². The zero-order valence-electron chi connectivity index (χ0n) is 16.0. The first-order valence-electron chi connectivity index (χ1n) is 9.95. The minimum atomic E-state index is -0.411. The normalized spacial score (nSPS) is 32.0. The number of carbonyl (C=O) groups is 1. The number of ether oxygens (including phenoxy) is 1. The molecule has 5 rings (SSSR count). The van der Waals surface area contributed by atoms with E-state index in [1.807, 2.05) is 14.1 Å². The number of allylic oxidation sites excluding steroid dienone is 1. The number of piperidine rings is 1. The molecule has 140 valence electrons. The second-order valence-electron chi connectivity index (χ2n) is 8.33. The lowest BCUT2D eigenvalue weighted by Gasteiger charge is -2.38. The van der Waals surface area contributed by atoms with Crippen LogP contribution in [0.2, 0.25) is 0 Å². The van der Waals surface area contributed by atoms with Gasteiger partial charge in [0.25, 0.3) is 0 Å². The summed E-state index contributed by atoms with van der Waals surface area (Å²) in [5, 5.41) is 0. The highest BCUT2D eigenvalue weighted by Gasteiger charge is 2.61. The third-order valence-electron chi connectivity index (χ3n) is 6.57. The molecule has 2 fully saturated rings. The average molecular weight is 362 g/mol. The van der Waals surface area contributed by atoms with Crippen LogP contribution in [0.1, 0.15) is 31.2 Å². The lowest BCUT2D eigenvalue weighted by atomic mass is 9.76. The minimum absolute atomic E-state index is 0.173. The zero-order valence-corrected chi connectivity index (χ0v) is 16.0. The van der Waals surface area contributed by atoms with E-state index in [2.05, 4.69) is 52.3 Å². The summed E-state index contributed by atoms with van der Waals surface area (Å²) in [6.45, 7) is 1.11. The molecule has 3 aliphatic heterocycles. The Morgan fingerprint density at radius 2 is 2.00 bits per heavy atom. The van der Waals surface area contributed by atoms with Gasteiger partial charge in [0.2, 0.25) is 0 Å². The number of anilines is 1. The molecule has 0 radical (unpaired) electrons. The fourth-order valence-corrected chi connectivity index (χ4v) is 5.31. The predicted molar refractivity (Wildman–Crippen MR) is 108 cm³/mol. The average Bonchev–Trinajstić information content (AvgIpc) is 3.15. The number of carbonyl (C=O) groups excluding carboxylic acids is 1. The number of benzene rings is 1. The van der Waals surface area contributed by atoms with Crippen molar-refractivity contribution in [3.63, 3.8) is 0 Å². The Hall–Kier alpha value is -2.33. The van der Waals surface area contributed by atoms with Crippen LogP contribution in [-0.2, 0) is 9.53 Å². The van der Waals surface area contributed by atoms with E-state index in [0.29, 0.717) is 12.1 Å². The number of rotatable bonds is 3. The Labute approximate surface area is 160 Å². The Kier molecular flexibility index (Phi) is 3.80. The summed E-state index contributed by atoms with van der Waals surface area (Å²) in [7, 11) is 4.09. The molecule has 0 saturated carbocycles. The van der Waals surface area contributed by atoms with Crippen LogP contribution >= 0.6 is 0 Å². The summed E-state index contributed by atoms with van der Waals surface area (Å²) in [6, 6.07) is 9.25. The quantitative estimate of drug-likeness (QED) is 0.770. The molecule has 1 aromatic rings. The molecule has 0 aromatic heterocycles. The van der Waals surface area contributed by atoms with Crippen molar-refractivity contribution < 1.29 is 9.53 Å². The van der Waals surface area contributed by atoms with Gasteiger partial charge in [0.15, 0.2) is 5.60 Å². The van der Waals surface area contributed by atoms with Crippen LogP contribution in [0.5, 0.6) is 0 Å². The molecule has 2 saturated heterocycles. The van der Waals surface area contributed by atoms with Crippen molar-refractivity contribution >= 4 is 17.7 Å². The molecule has 1 spiro atoms. The largest absolute Gasteiger partial charge is 0.449 e. The highest BCUT2D eigenvalue weighted by molar-refractivity contribution is 5.90. The molecule has 4 aliphatic rings. The molecule has 4 nitrogen and oxygen atoms in total. The molecule has 3 heterocycles. The first-order valence-corrected chi connectivity index (χ1v) is 9.95. The zero-order chi connectivity index (χ0) is 18.6. The van der Waals surface area contributed by atoms with Crippen LogP contribution in [-0.4, -0.2) is 49.2 Å².